The van der Waals surface area contributed by atoms with Crippen LogP contribution >= 0.6 is 0 Å². The minimum Gasteiger partial charge on any atom is -0.481 e. The van der Waals surface area contributed by atoms with Crippen molar-refractivity contribution in [2.75, 3.05) is 19.6 Å². The maximum absolute atomic E-state index is 12.0. The molecule has 2 aliphatic rings. The molecule has 0 aromatic rings. The number of hydrogen-bond donors (Lipinski definition) is 2. The van der Waals surface area contributed by atoms with Crippen molar-refractivity contribution in [2.24, 2.45) is 17.8 Å². The van der Waals surface area contributed by atoms with E-state index in [0.29, 0.717) is 32.0 Å². The lowest BCUT2D eigenvalue weighted by atomic mass is 9.96. The van der Waals surface area contributed by atoms with E-state index in [1.165, 1.54) is 6.92 Å². The van der Waals surface area contributed by atoms with E-state index in [1.807, 2.05) is 0 Å². The van der Waals surface area contributed by atoms with Crippen molar-refractivity contribution in [3.63, 3.8) is 0 Å². The summed E-state index contributed by atoms with van der Waals surface area (Å²) < 4.78 is 0. The number of carbonyl (C=O) groups is 3. The number of carboxylic acid groups (broad SMARTS) is 1. The SMILES string of the molecule is CC(=O)NCC1CCN(C(=O)[C@@H]2C[C@@H]2C(=O)O)CC1. The van der Waals surface area contributed by atoms with E-state index < -0.39 is 11.9 Å². The maximum atomic E-state index is 12.0. The molecule has 0 bridgehead atoms. The first-order chi connectivity index (χ1) is 8.99. The van der Waals surface area contributed by atoms with Gasteiger partial charge in [-0.25, -0.2) is 0 Å². The molecule has 6 nitrogen and oxygen atoms in total. The van der Waals surface area contributed by atoms with Gasteiger partial charge in [-0.1, -0.05) is 0 Å². The van der Waals surface area contributed by atoms with E-state index in [2.05, 4.69) is 5.32 Å². The number of piperidine rings is 1. The summed E-state index contributed by atoms with van der Waals surface area (Å²) in [5.74, 6) is -1.25. The Morgan fingerprint density at radius 3 is 2.32 bits per heavy atom. The van der Waals surface area contributed by atoms with Gasteiger partial charge in [0.15, 0.2) is 0 Å². The summed E-state index contributed by atoms with van der Waals surface area (Å²) in [6, 6.07) is 0. The van der Waals surface area contributed by atoms with E-state index >= 15 is 0 Å². The lowest BCUT2D eigenvalue weighted by Crippen LogP contribution is -2.42. The third kappa shape index (κ3) is 3.45. The van der Waals surface area contributed by atoms with Gasteiger partial charge in [0, 0.05) is 26.6 Å². The van der Waals surface area contributed by atoms with E-state index in [0.717, 1.165) is 12.8 Å². The molecule has 2 fully saturated rings. The van der Waals surface area contributed by atoms with Gasteiger partial charge < -0.3 is 15.3 Å². The van der Waals surface area contributed by atoms with E-state index in [-0.39, 0.29) is 17.7 Å². The fourth-order valence-electron chi connectivity index (χ4n) is 2.62. The minimum atomic E-state index is -0.862. The number of carboxylic acids is 1. The number of likely N-dealkylation sites (tertiary alicyclic amines) is 1. The number of nitrogens with zero attached hydrogens (tertiary/aromatic N) is 1. The molecule has 1 aliphatic heterocycles. The van der Waals surface area contributed by atoms with Crippen LogP contribution in [0.15, 0.2) is 0 Å². The standard InChI is InChI=1S/C13H20N2O4/c1-8(16)14-7-9-2-4-15(5-3-9)12(17)10-6-11(10)13(18)19/h9-11H,2-7H2,1H3,(H,14,16)(H,18,19)/t10-,11+/m1/s1. The third-order valence-corrected chi connectivity index (χ3v) is 3.99. The molecule has 1 heterocycles. The molecule has 0 radical (unpaired) electrons. The molecule has 0 unspecified atom stereocenters. The van der Waals surface area contributed by atoms with E-state index in [4.69, 9.17) is 5.11 Å². The van der Waals surface area contributed by atoms with Crippen LogP contribution < -0.4 is 5.32 Å². The van der Waals surface area contributed by atoms with Gasteiger partial charge >= 0.3 is 5.97 Å². The van der Waals surface area contributed by atoms with Crippen molar-refractivity contribution in [1.29, 1.82) is 0 Å². The molecule has 1 saturated carbocycles. The Kier molecular flexibility index (Phi) is 4.07. The summed E-state index contributed by atoms with van der Waals surface area (Å²) in [7, 11) is 0. The smallest absolute Gasteiger partial charge is 0.307 e. The Balaban J connectivity index is 1.73. The highest BCUT2D eigenvalue weighted by Gasteiger charge is 2.50. The zero-order chi connectivity index (χ0) is 14.0. The molecule has 0 aromatic heterocycles. The molecule has 1 saturated heterocycles. The first-order valence-corrected chi connectivity index (χ1v) is 6.75. The minimum absolute atomic E-state index is 0.00891. The molecule has 1 aliphatic carbocycles. The first kappa shape index (κ1) is 13.8. The van der Waals surface area contributed by atoms with Crippen LogP contribution in [0.2, 0.25) is 0 Å². The van der Waals surface area contributed by atoms with Gasteiger partial charge in [0.05, 0.1) is 11.8 Å². The Bertz CT molecular complexity index is 388. The van der Waals surface area contributed by atoms with E-state index in [9.17, 15) is 14.4 Å². The fraction of sp³-hybridized carbons (Fsp3) is 0.769. The van der Waals surface area contributed by atoms with Gasteiger partial charge in [-0.3, -0.25) is 14.4 Å². The second kappa shape index (κ2) is 5.59. The molecule has 2 atom stereocenters. The summed E-state index contributed by atoms with van der Waals surface area (Å²) >= 11 is 0. The normalized spacial score (nSPS) is 26.9. The predicted octanol–water partition coefficient (Wildman–Crippen LogP) is 0.0818. The zero-order valence-corrected chi connectivity index (χ0v) is 11.1. The van der Waals surface area contributed by atoms with Crippen molar-refractivity contribution >= 4 is 17.8 Å². The van der Waals surface area contributed by atoms with E-state index in [1.54, 1.807) is 4.90 Å². The Hall–Kier alpha value is -1.59. The lowest BCUT2D eigenvalue weighted by Gasteiger charge is -2.32. The van der Waals surface area contributed by atoms with Crippen molar-refractivity contribution < 1.29 is 19.5 Å². The van der Waals surface area contributed by atoms with Crippen LogP contribution in [0.5, 0.6) is 0 Å². The number of rotatable bonds is 4. The summed E-state index contributed by atoms with van der Waals surface area (Å²) in [6.07, 6.45) is 2.23. The molecule has 106 valence electrons. The molecular weight excluding hydrogens is 248 g/mol. The second-order valence-electron chi connectivity index (χ2n) is 5.49. The van der Waals surface area contributed by atoms with Gasteiger partial charge in [0.2, 0.25) is 11.8 Å². The van der Waals surface area contributed by atoms with Gasteiger partial charge in [-0.15, -0.1) is 0 Å². The molecule has 2 rings (SSSR count). The maximum Gasteiger partial charge on any atom is 0.307 e. The van der Waals surface area contributed by atoms with Gasteiger partial charge in [0.1, 0.15) is 0 Å². The Morgan fingerprint density at radius 1 is 1.21 bits per heavy atom. The molecule has 0 spiro atoms. The van der Waals surface area contributed by atoms with Crippen molar-refractivity contribution in [3.8, 4) is 0 Å². The summed E-state index contributed by atoms with van der Waals surface area (Å²) in [6.45, 7) is 3.51. The van der Waals surface area contributed by atoms with Gasteiger partial charge in [0.25, 0.3) is 0 Å². The van der Waals surface area contributed by atoms with Crippen LogP contribution in [0.25, 0.3) is 0 Å². The highest BCUT2D eigenvalue weighted by Crippen LogP contribution is 2.40. The second-order valence-corrected chi connectivity index (χ2v) is 5.49. The molecule has 2 N–H and O–H groups in total. The summed E-state index contributed by atoms with van der Waals surface area (Å²) in [4.78, 5) is 35.4. The van der Waals surface area contributed by atoms with Crippen LogP contribution in [-0.4, -0.2) is 47.4 Å². The van der Waals surface area contributed by atoms with Crippen molar-refractivity contribution in [1.82, 2.24) is 10.2 Å². The first-order valence-electron chi connectivity index (χ1n) is 6.75. The van der Waals surface area contributed by atoms with Gasteiger partial charge in [-0.2, -0.15) is 0 Å². The Labute approximate surface area is 112 Å². The number of amides is 2. The van der Waals surface area contributed by atoms with Crippen molar-refractivity contribution in [2.45, 2.75) is 26.2 Å². The number of hydrogen-bond acceptors (Lipinski definition) is 3. The van der Waals surface area contributed by atoms with Crippen LogP contribution in [0, 0.1) is 17.8 Å². The van der Waals surface area contributed by atoms with Crippen LogP contribution in [-0.2, 0) is 14.4 Å². The molecule has 19 heavy (non-hydrogen) atoms. The molecular formula is C13H20N2O4. The quantitative estimate of drug-likeness (QED) is 0.756. The van der Waals surface area contributed by atoms with Gasteiger partial charge in [-0.05, 0) is 25.2 Å². The predicted molar refractivity (Wildman–Crippen MR) is 67.2 cm³/mol. The molecule has 6 heteroatoms. The Morgan fingerprint density at radius 2 is 1.84 bits per heavy atom. The zero-order valence-electron chi connectivity index (χ0n) is 11.1. The number of aliphatic carboxylic acids is 1. The molecule has 0 aromatic carbocycles. The average Bonchev–Trinajstić information content (AvgIpc) is 3.16. The van der Waals surface area contributed by atoms with Crippen LogP contribution in [0.3, 0.4) is 0 Å². The monoisotopic (exact) mass is 268 g/mol. The van der Waals surface area contributed by atoms with Crippen LogP contribution in [0.1, 0.15) is 26.2 Å². The number of carbonyl (C=O) groups excluding carboxylic acids is 2. The lowest BCUT2D eigenvalue weighted by molar-refractivity contribution is -0.142. The summed E-state index contributed by atoms with van der Waals surface area (Å²) in [5.41, 5.74) is 0. The van der Waals surface area contributed by atoms with Crippen LogP contribution in [0.4, 0.5) is 0 Å². The highest BCUT2D eigenvalue weighted by atomic mass is 16.4. The topological polar surface area (TPSA) is 86.7 Å². The fourth-order valence-corrected chi connectivity index (χ4v) is 2.62. The largest absolute Gasteiger partial charge is 0.481 e. The van der Waals surface area contributed by atoms with Crippen molar-refractivity contribution in [3.05, 3.63) is 0 Å². The summed E-state index contributed by atoms with van der Waals surface area (Å²) in [5, 5.41) is 11.6. The average molecular weight is 268 g/mol. The molecule has 2 amide bonds. The highest BCUT2D eigenvalue weighted by molar-refractivity contribution is 5.89. The third-order valence-electron chi connectivity index (χ3n) is 3.99. The number of nitrogens with one attached hydrogen (secondary N) is 1.